The highest BCUT2D eigenvalue weighted by atomic mass is 79.9. The lowest BCUT2D eigenvalue weighted by molar-refractivity contribution is 0.0696. The Kier molecular flexibility index (Phi) is 3.60. The van der Waals surface area contributed by atoms with E-state index in [0.717, 1.165) is 5.56 Å². The van der Waals surface area contributed by atoms with E-state index in [1.165, 1.54) is 12.1 Å². The predicted molar refractivity (Wildman–Crippen MR) is 107 cm³/mol. The summed E-state index contributed by atoms with van der Waals surface area (Å²) in [6.07, 6.45) is 0. The number of aromatic nitrogens is 1. The molecule has 0 aliphatic heterocycles. The summed E-state index contributed by atoms with van der Waals surface area (Å²) in [4.78, 5) is 24.1. The maximum Gasteiger partial charge on any atom is 0.335 e. The number of carbonyl (C=O) groups excluding carboxylic acids is 1. The molecule has 0 fully saturated rings. The fraction of sp³-hybridized carbons (Fsp3) is 0. The van der Waals surface area contributed by atoms with Gasteiger partial charge in [0.15, 0.2) is 11.5 Å². The van der Waals surface area contributed by atoms with Gasteiger partial charge in [-0.3, -0.25) is 4.79 Å². The Morgan fingerprint density at radius 2 is 1.75 bits per heavy atom. The maximum absolute atomic E-state index is 13.1. The van der Waals surface area contributed by atoms with Crippen molar-refractivity contribution < 1.29 is 19.2 Å². The highest BCUT2D eigenvalue weighted by molar-refractivity contribution is 9.10. The molecule has 3 aromatic carbocycles. The summed E-state index contributed by atoms with van der Waals surface area (Å²) in [5.74, 6) is -0.496. The number of rotatable bonds is 3. The summed E-state index contributed by atoms with van der Waals surface area (Å²) in [6.45, 7) is 0. The lowest BCUT2D eigenvalue weighted by atomic mass is 9.87. The second-order valence-electron chi connectivity index (χ2n) is 6.40. The van der Waals surface area contributed by atoms with Crippen molar-refractivity contribution in [3.63, 3.8) is 0 Å². The molecule has 1 aliphatic rings. The highest BCUT2D eigenvalue weighted by Gasteiger charge is 2.31. The number of halogens is 1. The molecule has 0 amide bonds. The smallest absolute Gasteiger partial charge is 0.335 e. The van der Waals surface area contributed by atoms with Crippen LogP contribution in [0.1, 0.15) is 26.3 Å². The largest absolute Gasteiger partial charge is 0.478 e. The Labute approximate surface area is 166 Å². The minimum atomic E-state index is -0.988. The number of ketones is 1. The van der Waals surface area contributed by atoms with Gasteiger partial charge < -0.3 is 14.9 Å². The first-order valence-corrected chi connectivity index (χ1v) is 9.20. The molecule has 0 atom stereocenters. The van der Waals surface area contributed by atoms with E-state index < -0.39 is 5.97 Å². The summed E-state index contributed by atoms with van der Waals surface area (Å²) in [6, 6.07) is 15.4. The fourth-order valence-corrected chi connectivity index (χ4v) is 3.91. The van der Waals surface area contributed by atoms with Crippen LogP contribution in [-0.2, 0) is 0 Å². The second kappa shape index (κ2) is 6.03. The first-order chi connectivity index (χ1) is 13.5. The molecule has 136 valence electrons. The van der Waals surface area contributed by atoms with Crippen LogP contribution < -0.4 is 5.32 Å². The summed E-state index contributed by atoms with van der Waals surface area (Å²) in [7, 11) is 0. The number of aromatic carboxylic acids is 1. The zero-order valence-electron chi connectivity index (χ0n) is 14.2. The van der Waals surface area contributed by atoms with Crippen LogP contribution in [0.15, 0.2) is 63.6 Å². The molecular formula is C21H11BrN2O4. The van der Waals surface area contributed by atoms with Crippen molar-refractivity contribution >= 4 is 50.0 Å². The van der Waals surface area contributed by atoms with Crippen LogP contribution in [0.2, 0.25) is 0 Å². The van der Waals surface area contributed by atoms with Crippen LogP contribution in [0.3, 0.4) is 0 Å². The van der Waals surface area contributed by atoms with Crippen LogP contribution in [0.25, 0.3) is 22.2 Å². The number of fused-ring (bicyclic) bond motifs is 2. The van der Waals surface area contributed by atoms with E-state index in [1.54, 1.807) is 24.3 Å². The Morgan fingerprint density at radius 1 is 1.04 bits per heavy atom. The molecule has 28 heavy (non-hydrogen) atoms. The van der Waals surface area contributed by atoms with Gasteiger partial charge in [0.1, 0.15) is 5.52 Å². The topological polar surface area (TPSA) is 92.4 Å². The van der Waals surface area contributed by atoms with E-state index in [-0.39, 0.29) is 11.3 Å². The lowest BCUT2D eigenvalue weighted by Crippen LogP contribution is -2.09. The second-order valence-corrected chi connectivity index (χ2v) is 7.20. The molecule has 1 heterocycles. The molecule has 0 saturated carbocycles. The van der Waals surface area contributed by atoms with Gasteiger partial charge >= 0.3 is 5.97 Å². The number of nitrogens with one attached hydrogen (secondary N) is 1. The monoisotopic (exact) mass is 434 g/mol. The molecule has 4 aromatic rings. The zero-order valence-corrected chi connectivity index (χ0v) is 15.8. The molecule has 0 radical (unpaired) electrons. The molecule has 0 spiro atoms. The molecule has 2 N–H and O–H groups in total. The lowest BCUT2D eigenvalue weighted by Gasteiger charge is -2.16. The third kappa shape index (κ3) is 2.36. The van der Waals surface area contributed by atoms with Crippen molar-refractivity contribution in [2.45, 2.75) is 0 Å². The molecule has 7 heteroatoms. The third-order valence-electron chi connectivity index (χ3n) is 4.77. The van der Waals surface area contributed by atoms with Crippen molar-refractivity contribution in [3.8, 4) is 11.3 Å². The fourth-order valence-electron chi connectivity index (χ4n) is 3.43. The molecule has 0 bridgehead atoms. The Hall–Kier alpha value is -3.45. The van der Waals surface area contributed by atoms with Gasteiger partial charge in [-0.1, -0.05) is 29.4 Å². The van der Waals surface area contributed by atoms with Crippen LogP contribution in [-0.4, -0.2) is 22.0 Å². The van der Waals surface area contributed by atoms with Gasteiger partial charge in [-0.2, -0.15) is 0 Å². The molecule has 5 rings (SSSR count). The Bertz CT molecular complexity index is 1290. The van der Waals surface area contributed by atoms with Gasteiger partial charge in [0.25, 0.3) is 0 Å². The summed E-state index contributed by atoms with van der Waals surface area (Å²) in [5.41, 5.74) is 3.90. The quantitative estimate of drug-likeness (QED) is 0.403. The minimum absolute atomic E-state index is 0.0897. The van der Waals surface area contributed by atoms with E-state index in [4.69, 9.17) is 9.63 Å². The minimum Gasteiger partial charge on any atom is -0.478 e. The van der Waals surface area contributed by atoms with Gasteiger partial charge in [-0.25, -0.2) is 4.79 Å². The third-order valence-corrected chi connectivity index (χ3v) is 5.57. The average Bonchev–Trinajstić information content (AvgIpc) is 3.15. The van der Waals surface area contributed by atoms with Gasteiger partial charge in [0, 0.05) is 22.4 Å². The zero-order chi connectivity index (χ0) is 19.4. The van der Waals surface area contributed by atoms with Crippen molar-refractivity contribution in [1.82, 2.24) is 5.16 Å². The van der Waals surface area contributed by atoms with Gasteiger partial charge in [0.05, 0.1) is 21.1 Å². The maximum atomic E-state index is 13.1. The predicted octanol–water partition coefficient (Wildman–Crippen LogP) is 5.24. The molecule has 0 saturated heterocycles. The number of nitrogens with zero attached hydrogens (tertiary/aromatic N) is 1. The van der Waals surface area contributed by atoms with Crippen LogP contribution in [0.4, 0.5) is 11.4 Å². The number of benzene rings is 3. The van der Waals surface area contributed by atoms with E-state index >= 15 is 0 Å². The van der Waals surface area contributed by atoms with Crippen molar-refractivity contribution in [3.05, 3.63) is 75.8 Å². The first-order valence-electron chi connectivity index (χ1n) is 8.41. The van der Waals surface area contributed by atoms with E-state index in [1.807, 2.05) is 18.2 Å². The number of anilines is 2. The Balaban J connectivity index is 1.65. The highest BCUT2D eigenvalue weighted by Crippen LogP contribution is 2.44. The molecule has 1 aliphatic carbocycles. The summed E-state index contributed by atoms with van der Waals surface area (Å²) >= 11 is 3.55. The van der Waals surface area contributed by atoms with Gasteiger partial charge in [-0.15, -0.1) is 0 Å². The van der Waals surface area contributed by atoms with Crippen LogP contribution in [0.5, 0.6) is 0 Å². The number of hydrogen-bond donors (Lipinski definition) is 2. The first kappa shape index (κ1) is 16.7. The summed E-state index contributed by atoms with van der Waals surface area (Å²) < 4.78 is 6.24. The average molecular weight is 435 g/mol. The number of carboxylic acids is 1. The van der Waals surface area contributed by atoms with Crippen molar-refractivity contribution in [2.24, 2.45) is 0 Å². The molecular weight excluding hydrogens is 424 g/mol. The number of hydrogen-bond acceptors (Lipinski definition) is 5. The number of carbonyl (C=O) groups is 2. The van der Waals surface area contributed by atoms with Crippen LogP contribution >= 0.6 is 15.9 Å². The summed E-state index contributed by atoms with van der Waals surface area (Å²) in [5, 5.41) is 17.1. The molecule has 6 nitrogen and oxygen atoms in total. The van der Waals surface area contributed by atoms with Crippen molar-refractivity contribution in [1.29, 1.82) is 0 Å². The van der Waals surface area contributed by atoms with E-state index in [0.29, 0.717) is 43.6 Å². The van der Waals surface area contributed by atoms with Gasteiger partial charge in [-0.05, 0) is 46.3 Å². The molecule has 1 aromatic heterocycles. The van der Waals surface area contributed by atoms with Gasteiger partial charge in [0.2, 0.25) is 0 Å². The van der Waals surface area contributed by atoms with E-state index in [2.05, 4.69) is 26.4 Å². The van der Waals surface area contributed by atoms with Crippen LogP contribution in [0, 0.1) is 0 Å². The Morgan fingerprint density at radius 3 is 2.46 bits per heavy atom. The van der Waals surface area contributed by atoms with E-state index in [9.17, 15) is 9.59 Å². The number of carboxylic acid groups (broad SMARTS) is 1. The SMILES string of the molecule is O=C(O)c1ccc(Nc2cc3c4c(onc4c2Br)-c2ccccc2C3=O)cc1. The molecule has 0 unspecified atom stereocenters. The normalized spacial score (nSPS) is 12.1. The van der Waals surface area contributed by atoms with Crippen molar-refractivity contribution in [2.75, 3.05) is 5.32 Å². The standard InChI is InChI=1S/C21H11BrN2O4/c22-17-15(23-11-7-5-10(6-8-11)21(26)27)9-14-16-18(17)24-28-20(16)13-4-2-1-3-12(13)19(14)25/h1-9,23H,(H,26,27).